The summed E-state index contributed by atoms with van der Waals surface area (Å²) >= 11 is 0. The van der Waals surface area contributed by atoms with Crippen molar-refractivity contribution in [1.82, 2.24) is 10.6 Å². The molecule has 0 bridgehead atoms. The number of benzene rings is 1. The molecule has 1 aromatic carbocycles. The fourth-order valence-corrected chi connectivity index (χ4v) is 1.65. The number of carbonyl (C=O) groups excluding carboxylic acids is 2. The molecule has 2 amide bonds. The minimum Gasteiger partial charge on any atom is -0.461 e. The SMILES string of the molecule is C=CC(=O)OCCNC(=O)Nc1ccc(CCNC(=N)N)cc1. The quantitative estimate of drug-likeness (QED) is 0.157. The predicted molar refractivity (Wildman–Crippen MR) is 88.2 cm³/mol. The van der Waals surface area contributed by atoms with Crippen LogP contribution in [0.3, 0.4) is 0 Å². The Morgan fingerprint density at radius 1 is 1.22 bits per heavy atom. The molecule has 0 radical (unpaired) electrons. The Labute approximate surface area is 134 Å². The van der Waals surface area contributed by atoms with Crippen LogP contribution in [0.5, 0.6) is 0 Å². The fourth-order valence-electron chi connectivity index (χ4n) is 1.65. The highest BCUT2D eigenvalue weighted by atomic mass is 16.5. The van der Waals surface area contributed by atoms with E-state index in [9.17, 15) is 9.59 Å². The van der Waals surface area contributed by atoms with E-state index in [4.69, 9.17) is 15.9 Å². The molecule has 0 aliphatic heterocycles. The van der Waals surface area contributed by atoms with Gasteiger partial charge >= 0.3 is 12.0 Å². The Morgan fingerprint density at radius 2 is 1.91 bits per heavy atom. The summed E-state index contributed by atoms with van der Waals surface area (Å²) in [5.74, 6) is -0.583. The Kier molecular flexibility index (Phi) is 7.70. The summed E-state index contributed by atoms with van der Waals surface area (Å²) < 4.78 is 4.73. The second kappa shape index (κ2) is 9.82. The number of ether oxygens (including phenoxy) is 1. The molecule has 0 unspecified atom stereocenters. The number of hydrogen-bond acceptors (Lipinski definition) is 4. The maximum absolute atomic E-state index is 11.6. The Morgan fingerprint density at radius 3 is 2.52 bits per heavy atom. The minimum atomic E-state index is -0.526. The number of amides is 2. The number of esters is 1. The molecule has 0 saturated heterocycles. The molecule has 124 valence electrons. The van der Waals surface area contributed by atoms with Crippen molar-refractivity contribution in [1.29, 1.82) is 5.41 Å². The maximum atomic E-state index is 11.6. The van der Waals surface area contributed by atoms with Crippen LogP contribution in [0.1, 0.15) is 5.56 Å². The number of guanidine groups is 1. The average Bonchev–Trinajstić information content (AvgIpc) is 2.52. The van der Waals surface area contributed by atoms with E-state index in [2.05, 4.69) is 22.5 Å². The monoisotopic (exact) mass is 319 g/mol. The molecule has 6 N–H and O–H groups in total. The van der Waals surface area contributed by atoms with Gasteiger partial charge in [-0.1, -0.05) is 18.7 Å². The van der Waals surface area contributed by atoms with Gasteiger partial charge < -0.3 is 26.4 Å². The molecule has 0 fully saturated rings. The van der Waals surface area contributed by atoms with Gasteiger partial charge in [0.15, 0.2) is 5.96 Å². The zero-order valence-corrected chi connectivity index (χ0v) is 12.7. The van der Waals surface area contributed by atoms with E-state index >= 15 is 0 Å². The summed E-state index contributed by atoms with van der Waals surface area (Å²) in [5, 5.41) is 15.0. The van der Waals surface area contributed by atoms with E-state index in [0.29, 0.717) is 12.2 Å². The molecule has 8 nitrogen and oxygen atoms in total. The molecule has 8 heteroatoms. The number of urea groups is 1. The maximum Gasteiger partial charge on any atom is 0.330 e. The summed E-state index contributed by atoms with van der Waals surface area (Å²) in [5.41, 5.74) is 6.90. The summed E-state index contributed by atoms with van der Waals surface area (Å²) in [6.45, 7) is 4.14. The normalized spacial score (nSPS) is 9.57. The Bertz CT molecular complexity index is 557. The zero-order chi connectivity index (χ0) is 17.1. The van der Waals surface area contributed by atoms with Crippen LogP contribution in [0.4, 0.5) is 10.5 Å². The van der Waals surface area contributed by atoms with Crippen LogP contribution < -0.4 is 21.7 Å². The van der Waals surface area contributed by atoms with E-state index in [0.717, 1.165) is 18.1 Å². The standard InChI is InChI=1S/C15H21N5O3/c1-2-13(21)23-10-9-19-15(22)20-12-5-3-11(4-6-12)7-8-18-14(16)17/h2-6H,1,7-10H2,(H4,16,17,18)(H2,19,20,22). The lowest BCUT2D eigenvalue weighted by Crippen LogP contribution is -2.32. The molecule has 0 spiro atoms. The summed E-state index contributed by atoms with van der Waals surface area (Å²) in [6, 6.07) is 6.93. The van der Waals surface area contributed by atoms with Crippen molar-refractivity contribution in [2.45, 2.75) is 6.42 Å². The number of carbonyl (C=O) groups is 2. The molecule has 0 saturated carbocycles. The Balaban J connectivity index is 2.28. The summed E-state index contributed by atoms with van der Waals surface area (Å²) in [4.78, 5) is 22.4. The first-order chi connectivity index (χ1) is 11.0. The number of nitrogens with two attached hydrogens (primary N) is 1. The van der Waals surface area contributed by atoms with Crippen molar-refractivity contribution >= 4 is 23.6 Å². The van der Waals surface area contributed by atoms with Crippen LogP contribution >= 0.6 is 0 Å². The lowest BCUT2D eigenvalue weighted by atomic mass is 10.1. The average molecular weight is 319 g/mol. The molecule has 23 heavy (non-hydrogen) atoms. The molecule has 0 aliphatic rings. The Hall–Kier alpha value is -3.03. The lowest BCUT2D eigenvalue weighted by molar-refractivity contribution is -0.137. The van der Waals surface area contributed by atoms with Crippen molar-refractivity contribution in [3.8, 4) is 0 Å². The molecule has 0 atom stereocenters. The molecule has 0 aliphatic carbocycles. The van der Waals surface area contributed by atoms with Crippen LogP contribution in [-0.2, 0) is 16.0 Å². The predicted octanol–water partition coefficient (Wildman–Crippen LogP) is 0.563. The van der Waals surface area contributed by atoms with Gasteiger partial charge in [-0.05, 0) is 24.1 Å². The van der Waals surface area contributed by atoms with Crippen LogP contribution in [0, 0.1) is 5.41 Å². The molecular formula is C15H21N5O3. The first kappa shape index (κ1) is 18.0. The number of nitrogens with one attached hydrogen (secondary N) is 4. The largest absolute Gasteiger partial charge is 0.461 e. The highest BCUT2D eigenvalue weighted by Crippen LogP contribution is 2.09. The van der Waals surface area contributed by atoms with Gasteiger partial charge in [-0.2, -0.15) is 0 Å². The third kappa shape index (κ3) is 8.10. The number of hydrogen-bond donors (Lipinski definition) is 5. The van der Waals surface area contributed by atoms with Crippen LogP contribution in [-0.4, -0.2) is 37.7 Å². The van der Waals surface area contributed by atoms with Gasteiger partial charge in [0.05, 0.1) is 6.54 Å². The van der Waals surface area contributed by atoms with Gasteiger partial charge in [0.2, 0.25) is 0 Å². The second-order valence-corrected chi connectivity index (χ2v) is 4.54. The zero-order valence-electron chi connectivity index (χ0n) is 12.7. The highest BCUT2D eigenvalue weighted by molar-refractivity contribution is 5.89. The van der Waals surface area contributed by atoms with Crippen molar-refractivity contribution in [3.05, 3.63) is 42.5 Å². The highest BCUT2D eigenvalue weighted by Gasteiger charge is 2.02. The van der Waals surface area contributed by atoms with Crippen molar-refractivity contribution < 1.29 is 14.3 Å². The van der Waals surface area contributed by atoms with Gasteiger partial charge in [0, 0.05) is 18.3 Å². The fraction of sp³-hybridized carbons (Fsp3) is 0.267. The van der Waals surface area contributed by atoms with Gasteiger partial charge in [-0.25, -0.2) is 9.59 Å². The van der Waals surface area contributed by atoms with E-state index < -0.39 is 5.97 Å². The first-order valence-electron chi connectivity index (χ1n) is 7.02. The molecule has 0 aromatic heterocycles. The van der Waals surface area contributed by atoms with Gasteiger partial charge in [0.25, 0.3) is 0 Å². The topological polar surface area (TPSA) is 129 Å². The van der Waals surface area contributed by atoms with Crippen LogP contribution in [0.15, 0.2) is 36.9 Å². The lowest BCUT2D eigenvalue weighted by Gasteiger charge is -2.09. The number of anilines is 1. The van der Waals surface area contributed by atoms with Gasteiger partial charge in [-0.3, -0.25) is 5.41 Å². The third-order valence-electron chi connectivity index (χ3n) is 2.74. The molecule has 1 rings (SSSR count). The van der Waals surface area contributed by atoms with Crippen molar-refractivity contribution in [2.75, 3.05) is 25.0 Å². The first-order valence-corrected chi connectivity index (χ1v) is 7.02. The molecular weight excluding hydrogens is 298 g/mol. The van der Waals surface area contributed by atoms with Crippen LogP contribution in [0.25, 0.3) is 0 Å². The second-order valence-electron chi connectivity index (χ2n) is 4.54. The number of rotatable bonds is 8. The molecule has 1 aromatic rings. The van der Waals surface area contributed by atoms with Crippen LogP contribution in [0.2, 0.25) is 0 Å². The minimum absolute atomic E-state index is 0.0567. The van der Waals surface area contributed by atoms with Crippen molar-refractivity contribution in [3.63, 3.8) is 0 Å². The van der Waals surface area contributed by atoms with Gasteiger partial charge in [0.1, 0.15) is 6.61 Å². The van der Waals surface area contributed by atoms with Gasteiger partial charge in [-0.15, -0.1) is 0 Å². The van der Waals surface area contributed by atoms with E-state index in [1.165, 1.54) is 0 Å². The summed E-state index contributed by atoms with van der Waals surface area (Å²) in [6.07, 6.45) is 1.79. The summed E-state index contributed by atoms with van der Waals surface area (Å²) in [7, 11) is 0. The smallest absolute Gasteiger partial charge is 0.330 e. The van der Waals surface area contributed by atoms with E-state index in [1.54, 1.807) is 12.1 Å². The third-order valence-corrected chi connectivity index (χ3v) is 2.74. The van der Waals surface area contributed by atoms with E-state index in [1.807, 2.05) is 12.1 Å². The molecule has 0 heterocycles. The van der Waals surface area contributed by atoms with Crippen molar-refractivity contribution in [2.24, 2.45) is 5.73 Å². The van der Waals surface area contributed by atoms with E-state index in [-0.39, 0.29) is 25.1 Å².